The first-order valence-electron chi connectivity index (χ1n) is 6.04. The molecule has 0 radical (unpaired) electrons. The Kier molecular flexibility index (Phi) is 5.74. The normalized spacial score (nSPS) is 21.2. The van der Waals surface area contributed by atoms with Crippen LogP contribution in [0.25, 0.3) is 0 Å². The third kappa shape index (κ3) is 7.20. The van der Waals surface area contributed by atoms with Gasteiger partial charge in [0, 0.05) is 19.0 Å². The zero-order valence-electron chi connectivity index (χ0n) is 9.78. The summed E-state index contributed by atoms with van der Waals surface area (Å²) in [4.78, 5) is 11.1. The van der Waals surface area contributed by atoms with Crippen molar-refractivity contribution >= 4 is 5.91 Å². The summed E-state index contributed by atoms with van der Waals surface area (Å²) < 4.78 is 35.5. The molecule has 0 unspecified atom stereocenters. The minimum atomic E-state index is -4.25. The van der Waals surface area contributed by atoms with Gasteiger partial charge in [-0.05, 0) is 25.8 Å². The fourth-order valence-electron chi connectivity index (χ4n) is 1.90. The average Bonchev–Trinajstić information content (AvgIpc) is 2.27. The van der Waals surface area contributed by atoms with E-state index in [-0.39, 0.29) is 0 Å². The summed E-state index contributed by atoms with van der Waals surface area (Å²) in [6.45, 7) is 1.45. The van der Waals surface area contributed by atoms with Gasteiger partial charge >= 0.3 is 6.18 Å². The van der Waals surface area contributed by atoms with Crippen molar-refractivity contribution in [1.29, 1.82) is 0 Å². The first-order valence-corrected chi connectivity index (χ1v) is 6.04. The monoisotopic (exact) mass is 252 g/mol. The molecule has 1 aliphatic heterocycles. The van der Waals surface area contributed by atoms with E-state index in [4.69, 9.17) is 0 Å². The molecule has 0 spiro atoms. The van der Waals surface area contributed by atoms with Gasteiger partial charge < -0.3 is 10.6 Å². The molecule has 1 heterocycles. The Morgan fingerprint density at radius 2 is 2.12 bits per heavy atom. The fourth-order valence-corrected chi connectivity index (χ4v) is 1.90. The number of amides is 1. The zero-order chi connectivity index (χ0) is 12.7. The molecule has 1 aliphatic rings. The third-order valence-electron chi connectivity index (χ3n) is 2.86. The molecule has 3 nitrogen and oxygen atoms in total. The fraction of sp³-hybridized carbons (Fsp3) is 0.909. The summed E-state index contributed by atoms with van der Waals surface area (Å²) in [6.07, 6.45) is -1.53. The zero-order valence-corrected chi connectivity index (χ0v) is 9.78. The van der Waals surface area contributed by atoms with Crippen molar-refractivity contribution in [3.05, 3.63) is 0 Å². The molecule has 2 N–H and O–H groups in total. The number of piperidine rings is 1. The lowest BCUT2D eigenvalue weighted by molar-refractivity contribution is -0.144. The maximum Gasteiger partial charge on any atom is 0.389 e. The largest absolute Gasteiger partial charge is 0.389 e. The van der Waals surface area contributed by atoms with E-state index in [1.807, 2.05) is 0 Å². The lowest BCUT2D eigenvalue weighted by atomic mass is 10.0. The summed E-state index contributed by atoms with van der Waals surface area (Å²) in [5.74, 6) is -0.516. The Morgan fingerprint density at radius 1 is 1.35 bits per heavy atom. The van der Waals surface area contributed by atoms with E-state index in [0.29, 0.717) is 12.6 Å². The van der Waals surface area contributed by atoms with Gasteiger partial charge in [-0.2, -0.15) is 13.2 Å². The number of carbonyl (C=O) groups excluding carboxylic acids is 1. The first kappa shape index (κ1) is 14.3. The molecule has 1 fully saturated rings. The van der Waals surface area contributed by atoms with Gasteiger partial charge in [0.25, 0.3) is 0 Å². The third-order valence-corrected chi connectivity index (χ3v) is 2.86. The molecule has 0 aliphatic carbocycles. The molecule has 1 rings (SSSR count). The number of hydrogen-bond acceptors (Lipinski definition) is 2. The van der Waals surface area contributed by atoms with Crippen molar-refractivity contribution in [2.24, 2.45) is 0 Å². The van der Waals surface area contributed by atoms with Crippen LogP contribution in [0.1, 0.15) is 38.5 Å². The SMILES string of the molecule is O=C(CCC(F)(F)F)NCC[C@@H]1CCCCN1. The Morgan fingerprint density at radius 3 is 2.71 bits per heavy atom. The van der Waals surface area contributed by atoms with Crippen LogP contribution in [0, 0.1) is 0 Å². The van der Waals surface area contributed by atoms with Crippen molar-refractivity contribution in [3.8, 4) is 0 Å². The number of alkyl halides is 3. The Hall–Kier alpha value is -0.780. The van der Waals surface area contributed by atoms with Gasteiger partial charge in [0.1, 0.15) is 0 Å². The summed E-state index contributed by atoms with van der Waals surface area (Å²) in [6, 6.07) is 0.395. The highest BCUT2D eigenvalue weighted by molar-refractivity contribution is 5.75. The number of nitrogens with one attached hydrogen (secondary N) is 2. The molecule has 1 saturated heterocycles. The molecule has 0 bridgehead atoms. The second-order valence-electron chi connectivity index (χ2n) is 4.40. The molecule has 6 heteroatoms. The van der Waals surface area contributed by atoms with Gasteiger partial charge in [-0.15, -0.1) is 0 Å². The standard InChI is InChI=1S/C11H19F3N2O/c12-11(13,14)6-4-10(17)16-8-5-9-3-1-2-7-15-9/h9,15H,1-8H2,(H,16,17)/t9-/m0/s1. The summed E-state index contributed by atoms with van der Waals surface area (Å²) in [5.41, 5.74) is 0. The minimum Gasteiger partial charge on any atom is -0.356 e. The van der Waals surface area contributed by atoms with Crippen LogP contribution in [0.15, 0.2) is 0 Å². The Balaban J connectivity index is 2.03. The van der Waals surface area contributed by atoms with E-state index < -0.39 is 24.9 Å². The molecule has 17 heavy (non-hydrogen) atoms. The second kappa shape index (κ2) is 6.83. The highest BCUT2D eigenvalue weighted by atomic mass is 19.4. The van der Waals surface area contributed by atoms with Crippen molar-refractivity contribution in [3.63, 3.8) is 0 Å². The predicted molar refractivity (Wildman–Crippen MR) is 58.6 cm³/mol. The van der Waals surface area contributed by atoms with Crippen LogP contribution in [-0.2, 0) is 4.79 Å². The van der Waals surface area contributed by atoms with Crippen LogP contribution in [-0.4, -0.2) is 31.2 Å². The summed E-state index contributed by atoms with van der Waals surface area (Å²) in [7, 11) is 0. The van der Waals surface area contributed by atoms with Crippen molar-refractivity contribution in [1.82, 2.24) is 10.6 Å². The maximum absolute atomic E-state index is 11.8. The molecule has 0 saturated carbocycles. The van der Waals surface area contributed by atoms with Crippen LogP contribution >= 0.6 is 0 Å². The number of hydrogen-bond donors (Lipinski definition) is 2. The molecule has 0 aromatic heterocycles. The van der Waals surface area contributed by atoms with E-state index in [0.717, 1.165) is 19.4 Å². The van der Waals surface area contributed by atoms with Gasteiger partial charge in [-0.1, -0.05) is 6.42 Å². The first-order chi connectivity index (χ1) is 7.97. The molecular formula is C11H19F3N2O. The topological polar surface area (TPSA) is 41.1 Å². The summed E-state index contributed by atoms with van der Waals surface area (Å²) in [5, 5.41) is 5.84. The number of halogens is 3. The van der Waals surface area contributed by atoms with E-state index in [1.54, 1.807) is 0 Å². The van der Waals surface area contributed by atoms with Crippen molar-refractivity contribution in [2.75, 3.05) is 13.1 Å². The van der Waals surface area contributed by atoms with Crippen LogP contribution in [0.3, 0.4) is 0 Å². The highest BCUT2D eigenvalue weighted by Gasteiger charge is 2.27. The van der Waals surface area contributed by atoms with E-state index in [1.165, 1.54) is 12.8 Å². The molecule has 0 aromatic carbocycles. The van der Waals surface area contributed by atoms with E-state index in [2.05, 4.69) is 10.6 Å². The number of carbonyl (C=O) groups is 1. The summed E-state index contributed by atoms with van der Waals surface area (Å²) >= 11 is 0. The smallest absolute Gasteiger partial charge is 0.356 e. The molecule has 1 amide bonds. The molecule has 0 aromatic rings. The lowest BCUT2D eigenvalue weighted by Gasteiger charge is -2.23. The van der Waals surface area contributed by atoms with Gasteiger partial charge in [0.2, 0.25) is 5.91 Å². The highest BCUT2D eigenvalue weighted by Crippen LogP contribution is 2.20. The lowest BCUT2D eigenvalue weighted by Crippen LogP contribution is -2.37. The molecule has 100 valence electrons. The van der Waals surface area contributed by atoms with Gasteiger partial charge in [0.05, 0.1) is 6.42 Å². The van der Waals surface area contributed by atoms with E-state index in [9.17, 15) is 18.0 Å². The Bertz CT molecular complexity index is 237. The van der Waals surface area contributed by atoms with E-state index >= 15 is 0 Å². The van der Waals surface area contributed by atoms with Crippen molar-refractivity contribution < 1.29 is 18.0 Å². The van der Waals surface area contributed by atoms with Gasteiger partial charge in [0.15, 0.2) is 0 Å². The van der Waals surface area contributed by atoms with Crippen LogP contribution in [0.4, 0.5) is 13.2 Å². The second-order valence-corrected chi connectivity index (χ2v) is 4.40. The van der Waals surface area contributed by atoms with Gasteiger partial charge in [-0.3, -0.25) is 4.79 Å². The predicted octanol–water partition coefficient (Wildman–Crippen LogP) is 1.98. The van der Waals surface area contributed by atoms with Crippen molar-refractivity contribution in [2.45, 2.75) is 50.7 Å². The Labute approximate surface area is 99.1 Å². The van der Waals surface area contributed by atoms with Crippen LogP contribution in [0.2, 0.25) is 0 Å². The maximum atomic E-state index is 11.8. The average molecular weight is 252 g/mol. The number of rotatable bonds is 5. The van der Waals surface area contributed by atoms with Crippen LogP contribution < -0.4 is 10.6 Å². The quantitative estimate of drug-likeness (QED) is 0.785. The molecule has 1 atom stereocenters. The van der Waals surface area contributed by atoms with Gasteiger partial charge in [-0.25, -0.2) is 0 Å². The van der Waals surface area contributed by atoms with Crippen LogP contribution in [0.5, 0.6) is 0 Å². The molecular weight excluding hydrogens is 233 g/mol. The minimum absolute atomic E-state index is 0.395.